The van der Waals surface area contributed by atoms with E-state index in [1.807, 2.05) is 36.9 Å². The highest BCUT2D eigenvalue weighted by molar-refractivity contribution is 5.89. The Morgan fingerprint density at radius 2 is 1.88 bits per heavy atom. The number of aromatic amines is 1. The number of nitriles is 1. The number of nitrogens with one attached hydrogen (secondary N) is 1. The lowest BCUT2D eigenvalue weighted by Gasteiger charge is -2.35. The standard InChI is InChI=1S/C23H23N9/c1-15-9-17(11-27-29-15)20-4-3-19(18-12-25-26-13-18)21(10-24)22(20)32-7-5-16(6-8-32)23-30-28-14-31(23)2/h3-4,9,11-14,16H,5-8H2,1-2H3,(H,25,26). The molecule has 1 aromatic carbocycles. The molecule has 0 radical (unpaired) electrons. The molecule has 0 atom stereocenters. The fraction of sp³-hybridized carbons (Fsp3) is 0.304. The first-order valence-corrected chi connectivity index (χ1v) is 10.6. The number of rotatable bonds is 4. The number of anilines is 1. The van der Waals surface area contributed by atoms with E-state index in [-0.39, 0.29) is 0 Å². The molecule has 0 saturated carbocycles. The highest BCUT2D eigenvalue weighted by atomic mass is 15.3. The monoisotopic (exact) mass is 425 g/mol. The quantitative estimate of drug-likeness (QED) is 0.534. The molecule has 160 valence electrons. The van der Waals surface area contributed by atoms with Crippen LogP contribution in [-0.4, -0.2) is 48.2 Å². The van der Waals surface area contributed by atoms with Gasteiger partial charge in [-0.1, -0.05) is 12.1 Å². The molecule has 1 aliphatic heterocycles. The van der Waals surface area contributed by atoms with Gasteiger partial charge in [0.15, 0.2) is 0 Å². The van der Waals surface area contributed by atoms with Crippen molar-refractivity contribution in [3.8, 4) is 28.3 Å². The van der Waals surface area contributed by atoms with Crippen LogP contribution in [0.25, 0.3) is 22.3 Å². The predicted octanol–water partition coefficient (Wildman–Crippen LogP) is 3.23. The number of hydrogen-bond acceptors (Lipinski definition) is 7. The van der Waals surface area contributed by atoms with Crippen molar-refractivity contribution in [2.75, 3.05) is 18.0 Å². The van der Waals surface area contributed by atoms with E-state index in [2.05, 4.69) is 47.6 Å². The highest BCUT2D eigenvalue weighted by Crippen LogP contribution is 2.41. The minimum atomic E-state index is 0.356. The summed E-state index contributed by atoms with van der Waals surface area (Å²) >= 11 is 0. The summed E-state index contributed by atoms with van der Waals surface area (Å²) in [4.78, 5) is 2.32. The second-order valence-corrected chi connectivity index (χ2v) is 8.13. The number of hydrogen-bond donors (Lipinski definition) is 1. The van der Waals surface area contributed by atoms with E-state index in [9.17, 15) is 5.26 Å². The van der Waals surface area contributed by atoms with Crippen LogP contribution in [0.1, 0.15) is 35.8 Å². The van der Waals surface area contributed by atoms with Gasteiger partial charge in [-0.25, -0.2) is 0 Å². The summed E-state index contributed by atoms with van der Waals surface area (Å²) in [6.07, 6.45) is 8.97. The minimum absolute atomic E-state index is 0.356. The lowest BCUT2D eigenvalue weighted by Crippen LogP contribution is -2.34. The van der Waals surface area contributed by atoms with Crippen LogP contribution in [0.15, 0.2) is 43.1 Å². The summed E-state index contributed by atoms with van der Waals surface area (Å²) in [5.74, 6) is 1.38. The van der Waals surface area contributed by atoms with Crippen molar-refractivity contribution >= 4 is 5.69 Å². The molecule has 0 spiro atoms. The molecule has 1 N–H and O–H groups in total. The molecular weight excluding hydrogens is 402 g/mol. The zero-order valence-corrected chi connectivity index (χ0v) is 18.0. The Labute approximate surface area is 185 Å². The molecular formula is C23H23N9. The van der Waals surface area contributed by atoms with Crippen LogP contribution in [0.3, 0.4) is 0 Å². The topological polar surface area (TPSA) is 112 Å². The van der Waals surface area contributed by atoms with Crippen LogP contribution < -0.4 is 4.90 Å². The Hall–Kier alpha value is -4.06. The first-order chi connectivity index (χ1) is 15.7. The van der Waals surface area contributed by atoms with Crippen molar-refractivity contribution in [2.24, 2.45) is 7.05 Å². The van der Waals surface area contributed by atoms with Gasteiger partial charge in [-0.2, -0.15) is 20.6 Å². The summed E-state index contributed by atoms with van der Waals surface area (Å²) in [7, 11) is 1.99. The molecule has 0 unspecified atom stereocenters. The molecule has 3 aromatic heterocycles. The van der Waals surface area contributed by atoms with Gasteiger partial charge in [0.25, 0.3) is 0 Å². The van der Waals surface area contributed by atoms with E-state index in [0.29, 0.717) is 11.5 Å². The summed E-state index contributed by atoms with van der Waals surface area (Å²) in [5, 5.41) is 33.8. The fourth-order valence-corrected chi connectivity index (χ4v) is 4.55. The Balaban J connectivity index is 1.58. The first-order valence-electron chi connectivity index (χ1n) is 10.6. The van der Waals surface area contributed by atoms with Gasteiger partial charge in [0.05, 0.1) is 29.3 Å². The second-order valence-electron chi connectivity index (χ2n) is 8.13. The predicted molar refractivity (Wildman–Crippen MR) is 120 cm³/mol. The number of H-pyrrole nitrogens is 1. The fourth-order valence-electron chi connectivity index (χ4n) is 4.55. The summed E-state index contributed by atoms with van der Waals surface area (Å²) in [6, 6.07) is 8.55. The van der Waals surface area contributed by atoms with E-state index in [1.165, 1.54) is 0 Å². The second kappa shape index (κ2) is 8.23. The molecule has 4 aromatic rings. The van der Waals surface area contributed by atoms with E-state index < -0.39 is 0 Å². The Bertz CT molecular complexity index is 1280. The van der Waals surface area contributed by atoms with Gasteiger partial charge in [-0.3, -0.25) is 5.10 Å². The molecule has 0 aliphatic carbocycles. The van der Waals surface area contributed by atoms with Gasteiger partial charge in [-0.15, -0.1) is 10.2 Å². The zero-order chi connectivity index (χ0) is 22.1. The maximum Gasteiger partial charge on any atom is 0.135 e. The van der Waals surface area contributed by atoms with Gasteiger partial charge in [0, 0.05) is 54.5 Å². The van der Waals surface area contributed by atoms with E-state index in [1.54, 1.807) is 18.7 Å². The van der Waals surface area contributed by atoms with Crippen LogP contribution in [0.5, 0.6) is 0 Å². The normalized spacial score (nSPS) is 14.5. The Morgan fingerprint density at radius 3 is 2.53 bits per heavy atom. The molecule has 32 heavy (non-hydrogen) atoms. The molecule has 1 aliphatic rings. The van der Waals surface area contributed by atoms with Crippen molar-refractivity contribution < 1.29 is 0 Å². The third-order valence-electron chi connectivity index (χ3n) is 6.11. The smallest absolute Gasteiger partial charge is 0.135 e. The minimum Gasteiger partial charge on any atom is -0.370 e. The number of nitrogens with zero attached hydrogens (tertiary/aromatic N) is 8. The lowest BCUT2D eigenvalue weighted by atomic mass is 9.90. The SMILES string of the molecule is Cc1cc(-c2ccc(-c3cn[nH]c3)c(C#N)c2N2CCC(c3nncn3C)CC2)cnn1. The van der Waals surface area contributed by atoms with E-state index >= 15 is 0 Å². The van der Waals surface area contributed by atoms with Crippen molar-refractivity contribution in [1.29, 1.82) is 5.26 Å². The molecule has 4 heterocycles. The first kappa shape index (κ1) is 19.9. The van der Waals surface area contributed by atoms with Gasteiger partial charge < -0.3 is 9.47 Å². The number of aromatic nitrogens is 7. The van der Waals surface area contributed by atoms with Gasteiger partial charge >= 0.3 is 0 Å². The van der Waals surface area contributed by atoms with Crippen molar-refractivity contribution in [2.45, 2.75) is 25.7 Å². The molecule has 0 bridgehead atoms. The largest absolute Gasteiger partial charge is 0.370 e. The highest BCUT2D eigenvalue weighted by Gasteiger charge is 2.28. The maximum atomic E-state index is 10.2. The average molecular weight is 426 g/mol. The van der Waals surface area contributed by atoms with Crippen LogP contribution >= 0.6 is 0 Å². The molecule has 1 fully saturated rings. The van der Waals surface area contributed by atoms with E-state index in [0.717, 1.165) is 65.4 Å². The van der Waals surface area contributed by atoms with Crippen molar-refractivity contribution in [1.82, 2.24) is 35.2 Å². The van der Waals surface area contributed by atoms with Crippen LogP contribution in [-0.2, 0) is 7.05 Å². The van der Waals surface area contributed by atoms with Crippen LogP contribution in [0, 0.1) is 18.3 Å². The molecule has 9 heteroatoms. The molecule has 5 rings (SSSR count). The third-order valence-corrected chi connectivity index (χ3v) is 6.11. The average Bonchev–Trinajstić information content (AvgIpc) is 3.50. The number of benzene rings is 1. The van der Waals surface area contributed by atoms with Gasteiger partial charge in [-0.05, 0) is 25.8 Å². The Morgan fingerprint density at radius 1 is 1.06 bits per heavy atom. The third kappa shape index (κ3) is 3.50. The number of piperidine rings is 1. The van der Waals surface area contributed by atoms with Gasteiger partial charge in [0.2, 0.25) is 0 Å². The van der Waals surface area contributed by atoms with Crippen LogP contribution in [0.4, 0.5) is 5.69 Å². The summed E-state index contributed by atoms with van der Waals surface area (Å²) in [5.41, 5.74) is 6.14. The molecule has 1 saturated heterocycles. The Kier molecular flexibility index (Phi) is 5.11. The van der Waals surface area contributed by atoms with Crippen LogP contribution in [0.2, 0.25) is 0 Å². The molecule has 9 nitrogen and oxygen atoms in total. The molecule has 0 amide bonds. The zero-order valence-electron chi connectivity index (χ0n) is 18.0. The maximum absolute atomic E-state index is 10.2. The van der Waals surface area contributed by atoms with Crippen molar-refractivity contribution in [3.05, 3.63) is 60.2 Å². The summed E-state index contributed by atoms with van der Waals surface area (Å²) in [6.45, 7) is 3.57. The van der Waals surface area contributed by atoms with E-state index in [4.69, 9.17) is 0 Å². The number of aryl methyl sites for hydroxylation is 2. The van der Waals surface area contributed by atoms with Crippen molar-refractivity contribution in [3.63, 3.8) is 0 Å². The van der Waals surface area contributed by atoms with Gasteiger partial charge in [0.1, 0.15) is 18.2 Å². The summed E-state index contributed by atoms with van der Waals surface area (Å²) < 4.78 is 2.00. The lowest BCUT2D eigenvalue weighted by molar-refractivity contribution is 0.474.